The molecule has 0 bridgehead atoms. The molecule has 0 spiro atoms. The zero-order chi connectivity index (χ0) is 4.99. The van der Waals surface area contributed by atoms with Crippen LogP contribution < -0.4 is 0 Å². The molecule has 0 aromatic carbocycles. The maximum absolute atomic E-state index is 5.32. The lowest BCUT2D eigenvalue weighted by atomic mass is 10.7. The fraction of sp³-hybridized carbons (Fsp3) is 0.250. The van der Waals surface area contributed by atoms with Gasteiger partial charge in [-0.1, -0.05) is 33.3 Å². The number of rotatable bonds is 0. The highest BCUT2D eigenvalue weighted by Gasteiger charge is 1.64. The predicted octanol–water partition coefficient (Wildman–Crippen LogP) is 2.64. The van der Waals surface area contributed by atoms with Gasteiger partial charge >= 0.3 is 0 Å². The maximum atomic E-state index is 5.32. The van der Waals surface area contributed by atoms with Gasteiger partial charge in [0.2, 0.25) is 0 Å². The third-order valence-electron chi connectivity index (χ3n) is 0.253. The SMILES string of the molecule is CC(Cl)=C=CBr. The van der Waals surface area contributed by atoms with Gasteiger partial charge in [0.15, 0.2) is 0 Å². The molecule has 0 aliphatic rings. The fourth-order valence-corrected chi connectivity index (χ4v) is 0.605. The summed E-state index contributed by atoms with van der Waals surface area (Å²) < 4.78 is 0. The van der Waals surface area contributed by atoms with Gasteiger partial charge < -0.3 is 0 Å². The molecule has 0 rings (SSSR count). The average Bonchev–Trinajstić information content (AvgIpc) is 1.35. The van der Waals surface area contributed by atoms with Crippen LogP contribution in [0.5, 0.6) is 0 Å². The van der Waals surface area contributed by atoms with Gasteiger partial charge in [-0.2, -0.15) is 0 Å². The van der Waals surface area contributed by atoms with Crippen LogP contribution in [0.4, 0.5) is 0 Å². The van der Waals surface area contributed by atoms with Crippen LogP contribution in [-0.4, -0.2) is 0 Å². The smallest absolute Gasteiger partial charge is 0.0572 e. The molecule has 0 nitrogen and oxygen atoms in total. The Hall–Kier alpha value is 0.290. The molecule has 0 saturated carbocycles. The Kier molecular flexibility index (Phi) is 3.65. The molecule has 0 aromatic heterocycles. The summed E-state index contributed by atoms with van der Waals surface area (Å²) in [5.74, 6) is 0. The Morgan fingerprint density at radius 2 is 2.50 bits per heavy atom. The third-order valence-corrected chi connectivity index (χ3v) is 0.591. The van der Waals surface area contributed by atoms with Crippen LogP contribution in [0.1, 0.15) is 6.92 Å². The van der Waals surface area contributed by atoms with Gasteiger partial charge in [-0.25, -0.2) is 0 Å². The summed E-state index contributed by atoms with van der Waals surface area (Å²) in [6, 6.07) is 0. The monoisotopic (exact) mass is 166 g/mol. The molecular weight excluding hydrogens is 163 g/mol. The molecule has 6 heavy (non-hydrogen) atoms. The van der Waals surface area contributed by atoms with Crippen LogP contribution in [0.3, 0.4) is 0 Å². The molecule has 0 fully saturated rings. The Morgan fingerprint density at radius 1 is 2.00 bits per heavy atom. The first-order chi connectivity index (χ1) is 2.77. The van der Waals surface area contributed by atoms with E-state index in [1.165, 1.54) is 0 Å². The van der Waals surface area contributed by atoms with Crippen molar-refractivity contribution in [2.24, 2.45) is 0 Å². The Bertz CT molecular complexity index is 85.7. The van der Waals surface area contributed by atoms with Crippen molar-refractivity contribution >= 4 is 27.5 Å². The summed E-state index contributed by atoms with van der Waals surface area (Å²) in [4.78, 5) is 1.59. The minimum Gasteiger partial charge on any atom is -0.0978 e. The minimum absolute atomic E-state index is 0.659. The molecule has 0 N–H and O–H groups in total. The second-order valence-corrected chi connectivity index (χ2v) is 1.81. The molecule has 0 unspecified atom stereocenters. The maximum Gasteiger partial charge on any atom is 0.0572 e. The highest BCUT2D eigenvalue weighted by Crippen LogP contribution is 1.94. The van der Waals surface area contributed by atoms with Gasteiger partial charge in [-0.15, -0.1) is 0 Å². The summed E-state index contributed by atoms with van der Waals surface area (Å²) in [5.41, 5.74) is 2.68. The van der Waals surface area contributed by atoms with E-state index >= 15 is 0 Å². The van der Waals surface area contributed by atoms with Crippen molar-refractivity contribution in [3.63, 3.8) is 0 Å². The molecule has 0 atom stereocenters. The standard InChI is InChI=1S/C4H4BrCl/c1-4(6)2-3-5/h3H,1H3. The summed E-state index contributed by atoms with van der Waals surface area (Å²) in [5, 5.41) is 0.659. The summed E-state index contributed by atoms with van der Waals surface area (Å²) in [7, 11) is 0. The molecule has 0 radical (unpaired) electrons. The zero-order valence-electron chi connectivity index (χ0n) is 3.33. The Labute approximate surface area is 50.6 Å². The lowest BCUT2D eigenvalue weighted by Crippen LogP contribution is -1.41. The van der Waals surface area contributed by atoms with Crippen molar-refractivity contribution in [2.45, 2.75) is 6.92 Å². The van der Waals surface area contributed by atoms with E-state index in [4.69, 9.17) is 11.6 Å². The minimum atomic E-state index is 0.659. The first-order valence-corrected chi connectivity index (χ1v) is 2.74. The molecule has 0 amide bonds. The van der Waals surface area contributed by atoms with Gasteiger partial charge in [0, 0.05) is 4.99 Å². The summed E-state index contributed by atoms with van der Waals surface area (Å²) in [6.07, 6.45) is 0. The third kappa shape index (κ3) is 4.29. The predicted molar refractivity (Wildman–Crippen MR) is 32.0 cm³/mol. The van der Waals surface area contributed by atoms with Crippen LogP contribution in [-0.2, 0) is 0 Å². The first kappa shape index (κ1) is 6.29. The van der Waals surface area contributed by atoms with Gasteiger partial charge in [0.05, 0.1) is 5.03 Å². The lowest BCUT2D eigenvalue weighted by molar-refractivity contribution is 1.70. The van der Waals surface area contributed by atoms with Crippen molar-refractivity contribution in [3.8, 4) is 0 Å². The number of allylic oxidation sites excluding steroid dienone is 1. The molecule has 0 saturated heterocycles. The van der Waals surface area contributed by atoms with E-state index in [1.807, 2.05) is 0 Å². The van der Waals surface area contributed by atoms with Crippen molar-refractivity contribution in [1.29, 1.82) is 0 Å². The highest BCUT2D eigenvalue weighted by atomic mass is 79.9. The van der Waals surface area contributed by atoms with E-state index in [9.17, 15) is 0 Å². The Morgan fingerprint density at radius 3 is 2.50 bits per heavy atom. The molecule has 0 aliphatic heterocycles. The molecule has 34 valence electrons. The molecule has 0 aliphatic carbocycles. The van der Waals surface area contributed by atoms with Crippen LogP contribution in [0.2, 0.25) is 0 Å². The molecule has 2 heteroatoms. The van der Waals surface area contributed by atoms with Crippen molar-refractivity contribution in [3.05, 3.63) is 15.7 Å². The topological polar surface area (TPSA) is 0 Å². The number of hydrogen-bond acceptors (Lipinski definition) is 0. The molecular formula is C4H4BrCl. The average molecular weight is 167 g/mol. The first-order valence-electron chi connectivity index (χ1n) is 1.45. The highest BCUT2D eigenvalue weighted by molar-refractivity contribution is 9.11. The second kappa shape index (κ2) is 3.48. The van der Waals surface area contributed by atoms with E-state index < -0.39 is 0 Å². The van der Waals surface area contributed by atoms with Crippen LogP contribution in [0.15, 0.2) is 15.7 Å². The van der Waals surface area contributed by atoms with Gasteiger partial charge in [0.1, 0.15) is 0 Å². The van der Waals surface area contributed by atoms with Crippen LogP contribution in [0.25, 0.3) is 0 Å². The summed E-state index contributed by atoms with van der Waals surface area (Å²) >= 11 is 8.33. The molecule has 0 heterocycles. The van der Waals surface area contributed by atoms with E-state index in [2.05, 4.69) is 21.7 Å². The van der Waals surface area contributed by atoms with Gasteiger partial charge in [0.25, 0.3) is 0 Å². The summed E-state index contributed by atoms with van der Waals surface area (Å²) in [6.45, 7) is 1.76. The number of halogens is 2. The van der Waals surface area contributed by atoms with Crippen LogP contribution >= 0.6 is 27.5 Å². The fourth-order valence-electron chi connectivity index (χ4n) is 0.0752. The Balaban J connectivity index is 3.73. The largest absolute Gasteiger partial charge is 0.0978 e. The van der Waals surface area contributed by atoms with E-state index in [0.29, 0.717) is 5.03 Å². The van der Waals surface area contributed by atoms with Gasteiger partial charge in [-0.3, -0.25) is 0 Å². The quantitative estimate of drug-likeness (QED) is 0.487. The van der Waals surface area contributed by atoms with Gasteiger partial charge in [-0.05, 0) is 6.92 Å². The van der Waals surface area contributed by atoms with Crippen molar-refractivity contribution in [2.75, 3.05) is 0 Å². The van der Waals surface area contributed by atoms with Crippen molar-refractivity contribution < 1.29 is 0 Å². The van der Waals surface area contributed by atoms with Crippen LogP contribution in [0, 0.1) is 0 Å². The van der Waals surface area contributed by atoms with Crippen molar-refractivity contribution in [1.82, 2.24) is 0 Å². The zero-order valence-corrected chi connectivity index (χ0v) is 5.68. The molecule has 0 aromatic rings. The number of hydrogen-bond donors (Lipinski definition) is 0. The second-order valence-electron chi connectivity index (χ2n) is 0.787. The van der Waals surface area contributed by atoms with E-state index in [-0.39, 0.29) is 0 Å². The van der Waals surface area contributed by atoms with E-state index in [0.717, 1.165) is 0 Å². The lowest BCUT2D eigenvalue weighted by Gasteiger charge is -1.65. The normalized spacial score (nSPS) is 6.50. The van der Waals surface area contributed by atoms with E-state index in [1.54, 1.807) is 11.9 Å².